The van der Waals surface area contributed by atoms with Crippen molar-refractivity contribution >= 4 is 11.8 Å². The number of alkyl halides is 2. The first-order valence-corrected chi connectivity index (χ1v) is 13.4. The van der Waals surface area contributed by atoms with E-state index in [1.54, 1.807) is 6.92 Å². The number of anilines is 1. The van der Waals surface area contributed by atoms with E-state index in [4.69, 9.17) is 14.5 Å². The van der Waals surface area contributed by atoms with Crippen molar-refractivity contribution in [2.24, 2.45) is 0 Å². The molecule has 1 fully saturated rings. The number of nitrogens with zero attached hydrogens (tertiary/aromatic N) is 2. The van der Waals surface area contributed by atoms with Gasteiger partial charge in [-0.1, -0.05) is 12.5 Å². The molecule has 0 amide bonds. The van der Waals surface area contributed by atoms with Crippen LogP contribution in [0.25, 0.3) is 0 Å². The first-order valence-electron chi connectivity index (χ1n) is 13.4. The van der Waals surface area contributed by atoms with Crippen LogP contribution >= 0.6 is 0 Å². The molecule has 0 aliphatic carbocycles. The zero-order valence-corrected chi connectivity index (χ0v) is 21.4. The number of hydrogen-bond acceptors (Lipinski definition) is 5. The van der Waals surface area contributed by atoms with E-state index in [9.17, 15) is 23.1 Å². The normalized spacial score (nSPS) is 26.4. The Morgan fingerprint density at radius 2 is 2.08 bits per heavy atom. The fourth-order valence-electron chi connectivity index (χ4n) is 6.92. The number of halogens is 3. The Bertz CT molecular complexity index is 1270. The molecule has 38 heavy (non-hydrogen) atoms. The van der Waals surface area contributed by atoms with E-state index in [2.05, 4.69) is 17.4 Å². The van der Waals surface area contributed by atoms with E-state index >= 15 is 0 Å². The SMILES string of the molecule is CC12OCC(F)(F)c3cc(F)cc(c31)C(C(=O)O)[N+]21CC(OCCCCCc2ccc3c(n2)NCCC3)C1. The number of benzene rings is 1. The summed E-state index contributed by atoms with van der Waals surface area (Å²) in [6, 6.07) is 4.99. The highest BCUT2D eigenvalue weighted by Gasteiger charge is 2.73. The number of carbonyl (C=O) groups is 1. The van der Waals surface area contributed by atoms with E-state index in [1.165, 1.54) is 5.56 Å². The molecular formula is C28H33F3N3O4+. The van der Waals surface area contributed by atoms with Crippen LogP contribution in [0, 0.1) is 5.82 Å². The van der Waals surface area contributed by atoms with Gasteiger partial charge in [0.2, 0.25) is 11.8 Å². The van der Waals surface area contributed by atoms with E-state index < -0.39 is 41.6 Å². The maximum atomic E-state index is 14.7. The minimum Gasteiger partial charge on any atom is -0.477 e. The molecule has 0 radical (unpaired) electrons. The molecule has 0 bridgehead atoms. The second-order valence-corrected chi connectivity index (χ2v) is 11.2. The minimum absolute atomic E-state index is 0.0822. The second-order valence-electron chi connectivity index (χ2n) is 11.2. The molecule has 1 saturated heterocycles. The van der Waals surface area contributed by atoms with E-state index in [1.807, 2.05) is 0 Å². The summed E-state index contributed by atoms with van der Waals surface area (Å²) in [5.74, 6) is -4.40. The standard InChI is InChI=1S/C28H32F3N3O4/c1-27-23-21(12-18(29)13-22(23)28(30,31)16-38-27)24(26(35)36)34(27)14-20(15-34)37-11-4-2-3-7-19-9-8-17-6-5-10-32-25(17)33-19/h8-9,12-13,20,24H,2-7,10-11,14-16H2,1H3,(H-,32,33,35,36)/p+1. The van der Waals surface area contributed by atoms with Crippen LogP contribution in [0.1, 0.15) is 66.6 Å². The van der Waals surface area contributed by atoms with Gasteiger partial charge < -0.3 is 19.9 Å². The number of aryl methyl sites for hydroxylation is 2. The average Bonchev–Trinajstić information content (AvgIpc) is 3.09. The molecule has 2 aromatic rings. The van der Waals surface area contributed by atoms with Crippen molar-refractivity contribution in [3.8, 4) is 0 Å². The minimum atomic E-state index is -3.38. The topological polar surface area (TPSA) is 80.7 Å². The molecule has 1 aromatic heterocycles. The Labute approximate surface area is 219 Å². The lowest BCUT2D eigenvalue weighted by Gasteiger charge is -2.58. The Kier molecular flexibility index (Phi) is 6.20. The van der Waals surface area contributed by atoms with E-state index in [0.717, 1.165) is 68.7 Å². The number of hydrogen-bond donors (Lipinski definition) is 2. The summed E-state index contributed by atoms with van der Waals surface area (Å²) in [5.41, 5.74) is 0.810. The van der Waals surface area contributed by atoms with Gasteiger partial charge in [0.05, 0.1) is 5.56 Å². The van der Waals surface area contributed by atoms with Crippen LogP contribution in [0.3, 0.4) is 0 Å². The molecule has 2 N–H and O–H groups in total. The summed E-state index contributed by atoms with van der Waals surface area (Å²) in [6.45, 7) is 2.86. The molecule has 204 valence electrons. The molecule has 1 aromatic carbocycles. The van der Waals surface area contributed by atoms with Gasteiger partial charge in [-0.2, -0.15) is 8.78 Å². The third-order valence-electron chi connectivity index (χ3n) is 8.84. The van der Waals surface area contributed by atoms with Crippen LogP contribution in [0.4, 0.5) is 19.0 Å². The van der Waals surface area contributed by atoms with Crippen LogP contribution in [-0.2, 0) is 38.8 Å². The maximum absolute atomic E-state index is 14.7. The maximum Gasteiger partial charge on any atom is 0.367 e. The first-order chi connectivity index (χ1) is 18.1. The van der Waals surface area contributed by atoms with Crippen LogP contribution in [-0.4, -0.2) is 59.5 Å². The molecule has 10 heteroatoms. The molecule has 0 saturated carbocycles. The number of ether oxygens (including phenoxy) is 2. The summed E-state index contributed by atoms with van der Waals surface area (Å²) >= 11 is 0. The van der Waals surface area contributed by atoms with Gasteiger partial charge in [-0.25, -0.2) is 14.2 Å². The van der Waals surface area contributed by atoms with Crippen LogP contribution in [0.2, 0.25) is 0 Å². The highest BCUT2D eigenvalue weighted by Crippen LogP contribution is 2.61. The predicted octanol–water partition coefficient (Wildman–Crippen LogP) is 4.64. The zero-order chi connectivity index (χ0) is 26.7. The molecule has 4 aliphatic heterocycles. The highest BCUT2D eigenvalue weighted by molar-refractivity contribution is 5.77. The molecule has 2 unspecified atom stereocenters. The summed E-state index contributed by atoms with van der Waals surface area (Å²) in [4.78, 5) is 17.1. The number of nitrogens with one attached hydrogen (secondary N) is 1. The smallest absolute Gasteiger partial charge is 0.367 e. The van der Waals surface area contributed by atoms with E-state index in [-0.39, 0.29) is 21.7 Å². The van der Waals surface area contributed by atoms with Gasteiger partial charge in [-0.05, 0) is 55.9 Å². The lowest BCUT2D eigenvalue weighted by atomic mass is 9.88. The fourth-order valence-corrected chi connectivity index (χ4v) is 6.92. The second kappa shape index (κ2) is 9.20. The molecule has 6 rings (SSSR count). The summed E-state index contributed by atoms with van der Waals surface area (Å²) in [5, 5.41) is 13.5. The fraction of sp³-hybridized carbons (Fsp3) is 0.571. The van der Waals surface area contributed by atoms with Crippen molar-refractivity contribution < 1.29 is 37.0 Å². The summed E-state index contributed by atoms with van der Waals surface area (Å²) < 4.78 is 55.4. The van der Waals surface area contributed by atoms with Crippen molar-refractivity contribution in [1.29, 1.82) is 0 Å². The number of aliphatic carboxylic acids is 1. The molecule has 2 atom stereocenters. The monoisotopic (exact) mass is 532 g/mol. The number of quaternary nitrogens is 1. The van der Waals surface area contributed by atoms with Crippen LogP contribution < -0.4 is 5.32 Å². The van der Waals surface area contributed by atoms with Crippen molar-refractivity contribution in [2.45, 2.75) is 69.2 Å². The highest BCUT2D eigenvalue weighted by atomic mass is 19.3. The van der Waals surface area contributed by atoms with Crippen molar-refractivity contribution in [2.75, 3.05) is 38.2 Å². The largest absolute Gasteiger partial charge is 0.477 e. The molecule has 4 aliphatic rings. The number of fused-ring (bicyclic) bond motifs is 2. The first kappa shape index (κ1) is 25.6. The van der Waals surface area contributed by atoms with Crippen LogP contribution in [0.5, 0.6) is 0 Å². The predicted molar refractivity (Wildman–Crippen MR) is 132 cm³/mol. The molecule has 5 heterocycles. The van der Waals surface area contributed by atoms with Gasteiger partial charge >= 0.3 is 5.97 Å². The average molecular weight is 533 g/mol. The number of aromatic nitrogens is 1. The molecule has 7 nitrogen and oxygen atoms in total. The zero-order valence-electron chi connectivity index (χ0n) is 21.4. The Hall–Kier alpha value is -2.69. The number of carboxylic acid groups (broad SMARTS) is 1. The van der Waals surface area contributed by atoms with Crippen molar-refractivity contribution in [3.63, 3.8) is 0 Å². The van der Waals surface area contributed by atoms with Crippen molar-refractivity contribution in [1.82, 2.24) is 4.98 Å². The van der Waals surface area contributed by atoms with Gasteiger partial charge in [0.1, 0.15) is 31.3 Å². The number of unbranched alkanes of at least 4 members (excludes halogenated alkanes) is 2. The lowest BCUT2D eigenvalue weighted by molar-refractivity contribution is -1.06. The quantitative estimate of drug-likeness (QED) is 0.381. The number of rotatable bonds is 8. The Balaban J connectivity index is 1.06. The number of carboxylic acids is 1. The van der Waals surface area contributed by atoms with Gasteiger partial charge in [0.15, 0.2) is 6.10 Å². The third kappa shape index (κ3) is 3.91. The van der Waals surface area contributed by atoms with E-state index in [0.29, 0.717) is 19.7 Å². The Morgan fingerprint density at radius 3 is 2.87 bits per heavy atom. The molecule has 1 spiro atoms. The number of pyridine rings is 1. The third-order valence-corrected chi connectivity index (χ3v) is 8.84. The molecular weight excluding hydrogens is 499 g/mol. The van der Waals surface area contributed by atoms with Gasteiger partial charge in [0, 0.05) is 36.9 Å². The summed E-state index contributed by atoms with van der Waals surface area (Å²) in [7, 11) is 0. The Morgan fingerprint density at radius 1 is 1.26 bits per heavy atom. The summed E-state index contributed by atoms with van der Waals surface area (Å²) in [6.07, 6.45) is 5.72. The lowest BCUT2D eigenvalue weighted by Crippen LogP contribution is -2.75. The van der Waals surface area contributed by atoms with Gasteiger partial charge in [-0.3, -0.25) is 4.48 Å². The van der Waals surface area contributed by atoms with Gasteiger partial charge in [-0.15, -0.1) is 0 Å². The van der Waals surface area contributed by atoms with Crippen LogP contribution in [0.15, 0.2) is 24.3 Å². The van der Waals surface area contributed by atoms with Crippen molar-refractivity contribution in [3.05, 3.63) is 58.0 Å². The van der Waals surface area contributed by atoms with Gasteiger partial charge in [0.25, 0.3) is 5.92 Å².